The number of nitrogens with zero attached hydrogens (tertiary/aromatic N) is 4. The van der Waals surface area contributed by atoms with Crippen LogP contribution < -0.4 is 4.90 Å². The number of piperazine rings is 1. The lowest BCUT2D eigenvalue weighted by molar-refractivity contribution is 0.312. The summed E-state index contributed by atoms with van der Waals surface area (Å²) in [4.78, 5) is 13.2. The van der Waals surface area contributed by atoms with Crippen molar-refractivity contribution in [3.8, 4) is 0 Å². The zero-order valence-electron chi connectivity index (χ0n) is 12.8. The molecule has 2 rings (SSSR count). The Morgan fingerprint density at radius 1 is 0.889 bits per heavy atom. The topological polar surface area (TPSA) is 32.3 Å². The molecule has 104 valence electrons. The summed E-state index contributed by atoms with van der Waals surface area (Å²) in [6.07, 6.45) is 3.69. The fourth-order valence-electron chi connectivity index (χ4n) is 1.58. The SMILES string of the molecule is CC.CC.Cc1cnc(N2CCN(C)CC2)cn1. The molecular formula is C14H28N4. The average Bonchev–Trinajstić information content (AvgIpc) is 2.45. The third-order valence-corrected chi connectivity index (χ3v) is 2.59. The Labute approximate surface area is 112 Å². The van der Waals surface area contributed by atoms with Crippen LogP contribution in [0.5, 0.6) is 0 Å². The van der Waals surface area contributed by atoms with E-state index < -0.39 is 0 Å². The van der Waals surface area contributed by atoms with E-state index in [1.165, 1.54) is 0 Å². The van der Waals surface area contributed by atoms with E-state index in [1.807, 2.05) is 47.0 Å². The van der Waals surface area contributed by atoms with Gasteiger partial charge in [-0.15, -0.1) is 0 Å². The standard InChI is InChI=1S/C10H16N4.2C2H6/c1-9-7-12-10(8-11-9)14-5-3-13(2)4-6-14;2*1-2/h7-8H,3-6H2,1-2H3;2*1-2H3. The van der Waals surface area contributed by atoms with Gasteiger partial charge in [-0.25, -0.2) is 4.98 Å². The van der Waals surface area contributed by atoms with Crippen molar-refractivity contribution in [3.05, 3.63) is 18.1 Å². The lowest BCUT2D eigenvalue weighted by Gasteiger charge is -2.32. The second-order valence-corrected chi connectivity index (χ2v) is 3.81. The fourth-order valence-corrected chi connectivity index (χ4v) is 1.58. The molecule has 0 N–H and O–H groups in total. The molecule has 18 heavy (non-hydrogen) atoms. The van der Waals surface area contributed by atoms with E-state index in [4.69, 9.17) is 0 Å². The van der Waals surface area contributed by atoms with E-state index in [1.54, 1.807) is 0 Å². The first-order chi connectivity index (χ1) is 8.75. The van der Waals surface area contributed by atoms with Crippen molar-refractivity contribution in [2.75, 3.05) is 38.1 Å². The van der Waals surface area contributed by atoms with Crippen molar-refractivity contribution in [2.45, 2.75) is 34.6 Å². The van der Waals surface area contributed by atoms with Crippen LogP contribution in [0.1, 0.15) is 33.4 Å². The first-order valence-electron chi connectivity index (χ1n) is 6.98. The second kappa shape index (κ2) is 9.83. The van der Waals surface area contributed by atoms with E-state index in [-0.39, 0.29) is 0 Å². The molecule has 1 aromatic heterocycles. The summed E-state index contributed by atoms with van der Waals surface area (Å²) < 4.78 is 0. The molecule has 0 unspecified atom stereocenters. The predicted octanol–water partition coefficient (Wildman–Crippen LogP) is 2.59. The van der Waals surface area contributed by atoms with Gasteiger partial charge in [-0.3, -0.25) is 4.98 Å². The highest BCUT2D eigenvalue weighted by Gasteiger charge is 2.14. The number of hydrogen-bond acceptors (Lipinski definition) is 4. The smallest absolute Gasteiger partial charge is 0.147 e. The largest absolute Gasteiger partial charge is 0.353 e. The van der Waals surface area contributed by atoms with Gasteiger partial charge in [0.25, 0.3) is 0 Å². The van der Waals surface area contributed by atoms with Gasteiger partial charge < -0.3 is 9.80 Å². The number of likely N-dealkylation sites (N-methyl/N-ethyl adjacent to an activating group) is 1. The van der Waals surface area contributed by atoms with Crippen LogP contribution in [0.25, 0.3) is 0 Å². The highest BCUT2D eigenvalue weighted by molar-refractivity contribution is 5.36. The fraction of sp³-hybridized carbons (Fsp3) is 0.714. The first-order valence-corrected chi connectivity index (χ1v) is 6.98. The maximum absolute atomic E-state index is 4.37. The molecule has 2 heterocycles. The maximum Gasteiger partial charge on any atom is 0.147 e. The monoisotopic (exact) mass is 252 g/mol. The summed E-state index contributed by atoms with van der Waals surface area (Å²) in [6, 6.07) is 0. The summed E-state index contributed by atoms with van der Waals surface area (Å²) in [7, 11) is 2.15. The highest BCUT2D eigenvalue weighted by atomic mass is 15.3. The molecular weight excluding hydrogens is 224 g/mol. The minimum absolute atomic E-state index is 0.975. The molecule has 0 amide bonds. The van der Waals surface area contributed by atoms with Gasteiger partial charge >= 0.3 is 0 Å². The summed E-state index contributed by atoms with van der Waals surface area (Å²) >= 11 is 0. The molecule has 0 bridgehead atoms. The summed E-state index contributed by atoms with van der Waals surface area (Å²) in [5.74, 6) is 1.00. The molecule has 4 nitrogen and oxygen atoms in total. The molecule has 1 aliphatic rings. The van der Waals surface area contributed by atoms with Crippen LogP contribution in [-0.2, 0) is 0 Å². The zero-order valence-corrected chi connectivity index (χ0v) is 12.8. The predicted molar refractivity (Wildman–Crippen MR) is 79.2 cm³/mol. The van der Waals surface area contributed by atoms with Gasteiger partial charge in [0, 0.05) is 26.2 Å². The van der Waals surface area contributed by atoms with Gasteiger partial charge in [0.1, 0.15) is 5.82 Å². The Morgan fingerprint density at radius 2 is 1.44 bits per heavy atom. The molecule has 0 aromatic carbocycles. The van der Waals surface area contributed by atoms with Crippen LogP contribution in [0.2, 0.25) is 0 Å². The van der Waals surface area contributed by atoms with Crippen molar-refractivity contribution < 1.29 is 0 Å². The van der Waals surface area contributed by atoms with Gasteiger partial charge in [0.15, 0.2) is 0 Å². The Kier molecular flexibility index (Phi) is 9.19. The molecule has 1 saturated heterocycles. The Bertz CT molecular complexity index is 289. The first kappa shape index (κ1) is 16.8. The van der Waals surface area contributed by atoms with Crippen LogP contribution in [0.3, 0.4) is 0 Å². The Morgan fingerprint density at radius 3 is 1.89 bits per heavy atom. The minimum Gasteiger partial charge on any atom is -0.353 e. The lowest BCUT2D eigenvalue weighted by atomic mass is 10.3. The summed E-state index contributed by atoms with van der Waals surface area (Å²) in [6.45, 7) is 14.3. The Hall–Kier alpha value is -1.16. The lowest BCUT2D eigenvalue weighted by Crippen LogP contribution is -2.44. The van der Waals surface area contributed by atoms with Crippen molar-refractivity contribution in [3.63, 3.8) is 0 Å². The van der Waals surface area contributed by atoms with Crippen LogP contribution in [0, 0.1) is 6.92 Å². The Balaban J connectivity index is 0.000000659. The van der Waals surface area contributed by atoms with Crippen molar-refractivity contribution >= 4 is 5.82 Å². The third-order valence-electron chi connectivity index (χ3n) is 2.59. The molecule has 0 saturated carbocycles. The number of aryl methyl sites for hydroxylation is 1. The molecule has 0 atom stereocenters. The molecule has 1 fully saturated rings. The van der Waals surface area contributed by atoms with Crippen LogP contribution >= 0.6 is 0 Å². The summed E-state index contributed by atoms with van der Waals surface area (Å²) in [5.41, 5.74) is 0.975. The van der Waals surface area contributed by atoms with Gasteiger partial charge in [-0.2, -0.15) is 0 Å². The number of rotatable bonds is 1. The highest BCUT2D eigenvalue weighted by Crippen LogP contribution is 2.10. The minimum atomic E-state index is 0.975. The van der Waals surface area contributed by atoms with Crippen LogP contribution in [0.15, 0.2) is 12.4 Å². The van der Waals surface area contributed by atoms with E-state index in [0.29, 0.717) is 0 Å². The van der Waals surface area contributed by atoms with E-state index >= 15 is 0 Å². The number of hydrogen-bond donors (Lipinski definition) is 0. The average molecular weight is 252 g/mol. The number of anilines is 1. The molecule has 1 aromatic rings. The molecule has 1 aliphatic heterocycles. The second-order valence-electron chi connectivity index (χ2n) is 3.81. The molecule has 0 radical (unpaired) electrons. The molecule has 0 spiro atoms. The third kappa shape index (κ3) is 5.45. The normalized spacial score (nSPS) is 15.1. The van der Waals surface area contributed by atoms with Crippen molar-refractivity contribution in [1.29, 1.82) is 0 Å². The van der Waals surface area contributed by atoms with Crippen molar-refractivity contribution in [1.82, 2.24) is 14.9 Å². The molecule has 0 aliphatic carbocycles. The van der Waals surface area contributed by atoms with Crippen molar-refractivity contribution in [2.24, 2.45) is 0 Å². The van der Waals surface area contributed by atoms with E-state index in [9.17, 15) is 0 Å². The van der Waals surface area contributed by atoms with Crippen LogP contribution in [-0.4, -0.2) is 48.1 Å². The summed E-state index contributed by atoms with van der Waals surface area (Å²) in [5, 5.41) is 0. The maximum atomic E-state index is 4.37. The zero-order chi connectivity index (χ0) is 14.0. The molecule has 4 heteroatoms. The van der Waals surface area contributed by atoms with Gasteiger partial charge in [0.2, 0.25) is 0 Å². The van der Waals surface area contributed by atoms with Gasteiger partial charge in [-0.05, 0) is 14.0 Å². The van der Waals surface area contributed by atoms with Gasteiger partial charge in [-0.1, -0.05) is 27.7 Å². The van der Waals surface area contributed by atoms with Crippen LogP contribution in [0.4, 0.5) is 5.82 Å². The quantitative estimate of drug-likeness (QED) is 0.769. The number of aromatic nitrogens is 2. The van der Waals surface area contributed by atoms with E-state index in [2.05, 4.69) is 26.8 Å². The van der Waals surface area contributed by atoms with Gasteiger partial charge in [0.05, 0.1) is 18.1 Å². The van der Waals surface area contributed by atoms with E-state index in [0.717, 1.165) is 37.7 Å².